The SMILES string of the molecule is COc1ccc(C=CC(=O)N2CCC(c3nc(-c4ccc(NC(C)=O)cc4)no3)CC2)cc1. The van der Waals surface area contributed by atoms with E-state index in [1.807, 2.05) is 47.4 Å². The molecule has 3 aromatic rings. The number of likely N-dealkylation sites (tertiary alicyclic amines) is 1. The Bertz CT molecular complexity index is 1130. The summed E-state index contributed by atoms with van der Waals surface area (Å²) in [5.41, 5.74) is 2.48. The van der Waals surface area contributed by atoms with Crippen molar-refractivity contribution in [3.63, 3.8) is 0 Å². The minimum absolute atomic E-state index is 0.00486. The highest BCUT2D eigenvalue weighted by molar-refractivity contribution is 5.92. The molecule has 0 unspecified atom stereocenters. The van der Waals surface area contributed by atoms with Crippen LogP contribution in [0.2, 0.25) is 0 Å². The number of nitrogens with zero attached hydrogens (tertiary/aromatic N) is 3. The fourth-order valence-electron chi connectivity index (χ4n) is 3.76. The molecule has 4 rings (SSSR count). The lowest BCUT2D eigenvalue weighted by Crippen LogP contribution is -2.36. The highest BCUT2D eigenvalue weighted by atomic mass is 16.5. The number of benzene rings is 2. The van der Waals surface area contributed by atoms with Gasteiger partial charge in [-0.15, -0.1) is 0 Å². The van der Waals surface area contributed by atoms with Crippen LogP contribution < -0.4 is 10.1 Å². The summed E-state index contributed by atoms with van der Waals surface area (Å²) in [4.78, 5) is 30.1. The van der Waals surface area contributed by atoms with E-state index in [2.05, 4.69) is 15.5 Å². The van der Waals surface area contributed by atoms with Gasteiger partial charge in [0.15, 0.2) is 0 Å². The van der Waals surface area contributed by atoms with Gasteiger partial charge in [0.2, 0.25) is 23.5 Å². The molecule has 0 bridgehead atoms. The van der Waals surface area contributed by atoms with Crippen molar-refractivity contribution in [2.75, 3.05) is 25.5 Å². The molecule has 8 heteroatoms. The molecular weight excluding hydrogens is 420 g/mol. The summed E-state index contributed by atoms with van der Waals surface area (Å²) >= 11 is 0. The molecule has 0 radical (unpaired) electrons. The Morgan fingerprint density at radius 1 is 1.09 bits per heavy atom. The summed E-state index contributed by atoms with van der Waals surface area (Å²) in [6, 6.07) is 14.8. The zero-order chi connectivity index (χ0) is 23.2. The Balaban J connectivity index is 1.31. The van der Waals surface area contributed by atoms with Crippen LogP contribution in [0.4, 0.5) is 5.69 Å². The van der Waals surface area contributed by atoms with Crippen molar-refractivity contribution in [3.05, 3.63) is 66.1 Å². The van der Waals surface area contributed by atoms with Crippen LogP contribution in [0.25, 0.3) is 17.5 Å². The van der Waals surface area contributed by atoms with Gasteiger partial charge < -0.3 is 19.5 Å². The van der Waals surface area contributed by atoms with E-state index in [0.717, 1.165) is 29.7 Å². The predicted octanol–water partition coefficient (Wildman–Crippen LogP) is 4.12. The second-order valence-corrected chi connectivity index (χ2v) is 7.92. The number of ether oxygens (including phenoxy) is 1. The van der Waals surface area contributed by atoms with Crippen molar-refractivity contribution >= 4 is 23.6 Å². The number of carbonyl (C=O) groups is 2. The van der Waals surface area contributed by atoms with Gasteiger partial charge in [-0.3, -0.25) is 9.59 Å². The molecule has 0 aliphatic carbocycles. The van der Waals surface area contributed by atoms with Crippen LogP contribution in [0.1, 0.15) is 37.1 Å². The van der Waals surface area contributed by atoms with Gasteiger partial charge in [-0.25, -0.2) is 0 Å². The summed E-state index contributed by atoms with van der Waals surface area (Å²) < 4.78 is 10.7. The first-order valence-electron chi connectivity index (χ1n) is 10.8. The average molecular weight is 447 g/mol. The third-order valence-corrected chi connectivity index (χ3v) is 5.60. The van der Waals surface area contributed by atoms with Gasteiger partial charge in [-0.2, -0.15) is 4.98 Å². The Kier molecular flexibility index (Phi) is 6.83. The summed E-state index contributed by atoms with van der Waals surface area (Å²) in [5, 5.41) is 6.84. The zero-order valence-electron chi connectivity index (χ0n) is 18.7. The number of amides is 2. The van der Waals surface area contributed by atoms with Crippen molar-refractivity contribution in [1.82, 2.24) is 15.0 Å². The van der Waals surface area contributed by atoms with E-state index in [1.165, 1.54) is 6.92 Å². The van der Waals surface area contributed by atoms with E-state index < -0.39 is 0 Å². The highest BCUT2D eigenvalue weighted by Gasteiger charge is 2.27. The second kappa shape index (κ2) is 10.1. The lowest BCUT2D eigenvalue weighted by Gasteiger charge is -2.29. The Labute approximate surface area is 192 Å². The van der Waals surface area contributed by atoms with Gasteiger partial charge in [0.05, 0.1) is 7.11 Å². The molecule has 1 fully saturated rings. The molecule has 1 N–H and O–H groups in total. The van der Waals surface area contributed by atoms with E-state index in [1.54, 1.807) is 25.3 Å². The maximum Gasteiger partial charge on any atom is 0.246 e. The van der Waals surface area contributed by atoms with Gasteiger partial charge in [0.25, 0.3) is 0 Å². The quantitative estimate of drug-likeness (QED) is 0.572. The maximum absolute atomic E-state index is 12.6. The summed E-state index contributed by atoms with van der Waals surface area (Å²) in [5.74, 6) is 1.89. The molecular formula is C25H26N4O4. The van der Waals surface area contributed by atoms with Crippen LogP contribution in [0.15, 0.2) is 59.1 Å². The van der Waals surface area contributed by atoms with Gasteiger partial charge in [0, 0.05) is 43.3 Å². The Morgan fingerprint density at radius 3 is 2.42 bits per heavy atom. The molecule has 2 aromatic carbocycles. The minimum Gasteiger partial charge on any atom is -0.497 e. The van der Waals surface area contributed by atoms with Crippen molar-refractivity contribution in [2.45, 2.75) is 25.7 Å². The molecule has 8 nitrogen and oxygen atoms in total. The van der Waals surface area contributed by atoms with E-state index in [-0.39, 0.29) is 17.7 Å². The topological polar surface area (TPSA) is 97.6 Å². The second-order valence-electron chi connectivity index (χ2n) is 7.92. The molecule has 1 aliphatic rings. The van der Waals surface area contributed by atoms with Crippen molar-refractivity contribution in [1.29, 1.82) is 0 Å². The van der Waals surface area contributed by atoms with Crippen LogP contribution in [0.3, 0.4) is 0 Å². The van der Waals surface area contributed by atoms with Crippen LogP contribution in [-0.4, -0.2) is 47.1 Å². The largest absolute Gasteiger partial charge is 0.497 e. The molecule has 0 spiro atoms. The standard InChI is InChI=1S/C25H26N4O4/c1-17(30)26-21-8-6-19(7-9-21)24-27-25(33-28-24)20-13-15-29(16-14-20)23(31)12-5-18-3-10-22(32-2)11-4-18/h3-12,20H,13-16H2,1-2H3,(H,26,30). The fraction of sp³-hybridized carbons (Fsp3) is 0.280. The number of rotatable bonds is 6. The smallest absolute Gasteiger partial charge is 0.246 e. The fourth-order valence-corrected chi connectivity index (χ4v) is 3.76. The average Bonchev–Trinajstić information content (AvgIpc) is 3.33. The number of methoxy groups -OCH3 is 1. The van der Waals surface area contributed by atoms with Gasteiger partial charge in [0.1, 0.15) is 5.75 Å². The van der Waals surface area contributed by atoms with Crippen molar-refractivity contribution in [2.24, 2.45) is 0 Å². The van der Waals surface area contributed by atoms with Crippen LogP contribution in [-0.2, 0) is 9.59 Å². The molecule has 1 saturated heterocycles. The number of hydrogen-bond donors (Lipinski definition) is 1. The number of hydrogen-bond acceptors (Lipinski definition) is 6. The van der Waals surface area contributed by atoms with Crippen LogP contribution in [0, 0.1) is 0 Å². The van der Waals surface area contributed by atoms with Crippen LogP contribution >= 0.6 is 0 Å². The number of piperidine rings is 1. The highest BCUT2D eigenvalue weighted by Crippen LogP contribution is 2.29. The van der Waals surface area contributed by atoms with E-state index >= 15 is 0 Å². The van der Waals surface area contributed by atoms with Gasteiger partial charge in [-0.1, -0.05) is 17.3 Å². The molecule has 2 heterocycles. The first-order chi connectivity index (χ1) is 16.0. The van der Waals surface area contributed by atoms with Gasteiger partial charge >= 0.3 is 0 Å². The van der Waals surface area contributed by atoms with Crippen LogP contribution in [0.5, 0.6) is 5.75 Å². The number of carbonyl (C=O) groups excluding carboxylic acids is 2. The number of anilines is 1. The number of aromatic nitrogens is 2. The molecule has 1 aromatic heterocycles. The molecule has 33 heavy (non-hydrogen) atoms. The van der Waals surface area contributed by atoms with E-state index in [0.29, 0.717) is 30.5 Å². The summed E-state index contributed by atoms with van der Waals surface area (Å²) in [6.45, 7) is 2.74. The summed E-state index contributed by atoms with van der Waals surface area (Å²) in [6.07, 6.45) is 4.96. The Morgan fingerprint density at radius 2 is 1.79 bits per heavy atom. The van der Waals surface area contributed by atoms with Crippen molar-refractivity contribution in [3.8, 4) is 17.1 Å². The minimum atomic E-state index is -0.120. The monoisotopic (exact) mass is 446 g/mol. The molecule has 1 aliphatic heterocycles. The molecule has 0 saturated carbocycles. The van der Waals surface area contributed by atoms with Crippen molar-refractivity contribution < 1.29 is 18.8 Å². The first kappa shape index (κ1) is 22.3. The summed E-state index contributed by atoms with van der Waals surface area (Å²) in [7, 11) is 1.62. The zero-order valence-corrected chi connectivity index (χ0v) is 18.7. The molecule has 0 atom stereocenters. The third-order valence-electron chi connectivity index (χ3n) is 5.60. The van der Waals surface area contributed by atoms with Gasteiger partial charge in [-0.05, 0) is 60.9 Å². The third kappa shape index (κ3) is 5.65. The normalized spacial score (nSPS) is 14.4. The lowest BCUT2D eigenvalue weighted by atomic mass is 9.96. The maximum atomic E-state index is 12.6. The predicted molar refractivity (Wildman–Crippen MR) is 125 cm³/mol. The molecule has 170 valence electrons. The first-order valence-corrected chi connectivity index (χ1v) is 10.8. The van der Waals surface area contributed by atoms with E-state index in [9.17, 15) is 9.59 Å². The number of nitrogens with one attached hydrogen (secondary N) is 1. The Hall–Kier alpha value is -3.94. The lowest BCUT2D eigenvalue weighted by molar-refractivity contribution is -0.127. The van der Waals surface area contributed by atoms with E-state index in [4.69, 9.17) is 9.26 Å². The molecule has 2 amide bonds.